The van der Waals surface area contributed by atoms with Crippen molar-refractivity contribution in [2.75, 3.05) is 40.9 Å². The molecule has 1 aliphatic heterocycles. The molecule has 0 radical (unpaired) electrons. The Balaban J connectivity index is 1.87. The lowest BCUT2D eigenvalue weighted by Gasteiger charge is -2.31. The average molecular weight is 349 g/mol. The van der Waals surface area contributed by atoms with Crippen LogP contribution in [0.25, 0.3) is 0 Å². The van der Waals surface area contributed by atoms with Crippen molar-refractivity contribution < 1.29 is 19.1 Å². The largest absolute Gasteiger partial charge is 0.493 e. The van der Waals surface area contributed by atoms with Gasteiger partial charge in [0.1, 0.15) is 0 Å². The average Bonchev–Trinajstić information content (AvgIpc) is 2.61. The zero-order chi connectivity index (χ0) is 18.4. The van der Waals surface area contributed by atoms with Crippen LogP contribution in [0.1, 0.15) is 18.4 Å². The van der Waals surface area contributed by atoms with Crippen LogP contribution in [-0.4, -0.2) is 62.5 Å². The molecule has 0 unspecified atom stereocenters. The summed E-state index contributed by atoms with van der Waals surface area (Å²) in [6.07, 6.45) is 1.45. The number of nitrogens with two attached hydrogens (primary N) is 1. The lowest BCUT2D eigenvalue weighted by Crippen LogP contribution is -2.43. The first-order valence-electron chi connectivity index (χ1n) is 8.41. The van der Waals surface area contributed by atoms with Crippen LogP contribution >= 0.6 is 0 Å². The third-order valence-corrected chi connectivity index (χ3v) is 4.64. The number of likely N-dealkylation sites (N-methyl/N-ethyl adjacent to an activating group) is 1. The second kappa shape index (κ2) is 8.71. The van der Waals surface area contributed by atoms with E-state index in [1.54, 1.807) is 26.2 Å². The maximum absolute atomic E-state index is 12.4. The molecule has 0 bridgehead atoms. The smallest absolute Gasteiger partial charge is 0.236 e. The number of methoxy groups -OCH3 is 2. The molecular weight excluding hydrogens is 322 g/mol. The molecule has 0 atom stereocenters. The molecule has 2 N–H and O–H groups in total. The topological polar surface area (TPSA) is 85.1 Å². The summed E-state index contributed by atoms with van der Waals surface area (Å²) in [6, 6.07) is 5.63. The summed E-state index contributed by atoms with van der Waals surface area (Å²) in [5, 5.41) is 0. The Hall–Kier alpha value is -2.28. The van der Waals surface area contributed by atoms with E-state index in [1.807, 2.05) is 18.2 Å². The summed E-state index contributed by atoms with van der Waals surface area (Å²) >= 11 is 0. The molecule has 0 aliphatic carbocycles. The highest BCUT2D eigenvalue weighted by Crippen LogP contribution is 2.28. The van der Waals surface area contributed by atoms with Crippen LogP contribution in [0, 0.1) is 5.92 Å². The summed E-state index contributed by atoms with van der Waals surface area (Å²) in [6.45, 7) is 2.30. The van der Waals surface area contributed by atoms with Gasteiger partial charge in [-0.05, 0) is 43.6 Å². The summed E-state index contributed by atoms with van der Waals surface area (Å²) in [5.74, 6) is 1.06. The van der Waals surface area contributed by atoms with Crippen molar-refractivity contribution in [3.8, 4) is 11.5 Å². The van der Waals surface area contributed by atoms with Crippen molar-refractivity contribution in [2.45, 2.75) is 19.4 Å². The Bertz CT molecular complexity index is 612. The number of hydrogen-bond donors (Lipinski definition) is 1. The first-order chi connectivity index (χ1) is 11.9. The quantitative estimate of drug-likeness (QED) is 0.789. The highest BCUT2D eigenvalue weighted by Gasteiger charge is 2.25. The zero-order valence-corrected chi connectivity index (χ0v) is 15.2. The molecule has 1 aromatic rings. The summed E-state index contributed by atoms with van der Waals surface area (Å²) in [5.41, 5.74) is 6.31. The molecule has 25 heavy (non-hydrogen) atoms. The first kappa shape index (κ1) is 19.1. The lowest BCUT2D eigenvalue weighted by atomic mass is 9.96. The van der Waals surface area contributed by atoms with Crippen LogP contribution in [0.4, 0.5) is 0 Å². The normalized spacial score (nSPS) is 15.6. The molecule has 7 nitrogen and oxygen atoms in total. The number of carbonyl (C=O) groups excluding carboxylic acids is 2. The minimum Gasteiger partial charge on any atom is -0.493 e. The van der Waals surface area contributed by atoms with Gasteiger partial charge in [0.05, 0.1) is 20.8 Å². The Kier molecular flexibility index (Phi) is 6.64. The molecule has 7 heteroatoms. The Labute approximate surface area is 148 Å². The minimum absolute atomic E-state index is 0.0484. The summed E-state index contributed by atoms with van der Waals surface area (Å²) in [7, 11) is 4.97. The van der Waals surface area contributed by atoms with Gasteiger partial charge in [0.2, 0.25) is 11.8 Å². The van der Waals surface area contributed by atoms with Crippen LogP contribution < -0.4 is 15.2 Å². The van der Waals surface area contributed by atoms with E-state index >= 15 is 0 Å². The van der Waals surface area contributed by atoms with Gasteiger partial charge in [0.25, 0.3) is 0 Å². The van der Waals surface area contributed by atoms with Gasteiger partial charge >= 0.3 is 0 Å². The minimum atomic E-state index is -0.239. The predicted molar refractivity (Wildman–Crippen MR) is 94.4 cm³/mol. The number of primary amides is 1. The van der Waals surface area contributed by atoms with Crippen molar-refractivity contribution >= 4 is 11.8 Å². The van der Waals surface area contributed by atoms with Gasteiger partial charge in [-0.2, -0.15) is 0 Å². The molecule has 138 valence electrons. The SMILES string of the molecule is COc1ccc(CN(C)C(=O)CN2CCC(C(N)=O)CC2)cc1OC. The van der Waals surface area contributed by atoms with E-state index in [2.05, 4.69) is 4.90 Å². The summed E-state index contributed by atoms with van der Waals surface area (Å²) < 4.78 is 10.5. The molecule has 1 saturated heterocycles. The van der Waals surface area contributed by atoms with Crippen LogP contribution in [0.15, 0.2) is 18.2 Å². The molecule has 0 saturated carbocycles. The Morgan fingerprint density at radius 2 is 1.84 bits per heavy atom. The predicted octanol–water partition coefficient (Wildman–Crippen LogP) is 0.860. The number of likely N-dealkylation sites (tertiary alicyclic amines) is 1. The molecule has 0 spiro atoms. The van der Waals surface area contributed by atoms with E-state index in [0.29, 0.717) is 24.6 Å². The standard InChI is InChI=1S/C18H27N3O4/c1-20(11-13-4-5-15(24-2)16(10-13)25-3)17(22)12-21-8-6-14(7-9-21)18(19)23/h4-5,10,14H,6-9,11-12H2,1-3H3,(H2,19,23). The Morgan fingerprint density at radius 1 is 1.20 bits per heavy atom. The molecule has 2 rings (SSSR count). The van der Waals surface area contributed by atoms with Crippen molar-refractivity contribution in [3.05, 3.63) is 23.8 Å². The molecular formula is C18H27N3O4. The van der Waals surface area contributed by atoms with Gasteiger partial charge in [0.15, 0.2) is 11.5 Å². The van der Waals surface area contributed by atoms with Crippen molar-refractivity contribution in [1.29, 1.82) is 0 Å². The molecule has 1 heterocycles. The van der Waals surface area contributed by atoms with E-state index < -0.39 is 0 Å². The second-order valence-corrected chi connectivity index (χ2v) is 6.39. The van der Waals surface area contributed by atoms with E-state index in [9.17, 15) is 9.59 Å². The van der Waals surface area contributed by atoms with Crippen molar-refractivity contribution in [1.82, 2.24) is 9.80 Å². The number of piperidine rings is 1. The summed E-state index contributed by atoms with van der Waals surface area (Å²) in [4.78, 5) is 27.4. The van der Waals surface area contributed by atoms with Crippen LogP contribution in [0.5, 0.6) is 11.5 Å². The number of carbonyl (C=O) groups is 2. The molecule has 1 aromatic carbocycles. The number of benzene rings is 1. The van der Waals surface area contributed by atoms with Crippen molar-refractivity contribution in [2.24, 2.45) is 11.7 Å². The molecule has 1 aliphatic rings. The fourth-order valence-corrected chi connectivity index (χ4v) is 3.03. The Morgan fingerprint density at radius 3 is 2.40 bits per heavy atom. The molecule has 0 aromatic heterocycles. The number of ether oxygens (including phenoxy) is 2. The zero-order valence-electron chi connectivity index (χ0n) is 15.2. The fraction of sp³-hybridized carbons (Fsp3) is 0.556. The maximum atomic E-state index is 12.4. The number of hydrogen-bond acceptors (Lipinski definition) is 5. The van der Waals surface area contributed by atoms with Gasteiger partial charge in [-0.25, -0.2) is 0 Å². The third kappa shape index (κ3) is 5.09. The maximum Gasteiger partial charge on any atom is 0.236 e. The van der Waals surface area contributed by atoms with Gasteiger partial charge in [-0.3, -0.25) is 14.5 Å². The third-order valence-electron chi connectivity index (χ3n) is 4.64. The van der Waals surface area contributed by atoms with Gasteiger partial charge in [0, 0.05) is 19.5 Å². The molecule has 1 fully saturated rings. The highest BCUT2D eigenvalue weighted by atomic mass is 16.5. The van der Waals surface area contributed by atoms with Crippen LogP contribution in [-0.2, 0) is 16.1 Å². The highest BCUT2D eigenvalue weighted by molar-refractivity contribution is 5.78. The monoisotopic (exact) mass is 349 g/mol. The van der Waals surface area contributed by atoms with E-state index in [1.165, 1.54) is 0 Å². The van der Waals surface area contributed by atoms with Gasteiger partial charge in [-0.15, -0.1) is 0 Å². The molecule has 2 amide bonds. The number of rotatable bonds is 7. The number of amides is 2. The first-order valence-corrected chi connectivity index (χ1v) is 8.41. The second-order valence-electron chi connectivity index (χ2n) is 6.39. The van der Waals surface area contributed by atoms with Crippen LogP contribution in [0.2, 0.25) is 0 Å². The fourth-order valence-electron chi connectivity index (χ4n) is 3.03. The van der Waals surface area contributed by atoms with Gasteiger partial charge in [-0.1, -0.05) is 6.07 Å². The van der Waals surface area contributed by atoms with E-state index in [4.69, 9.17) is 15.2 Å². The lowest BCUT2D eigenvalue weighted by molar-refractivity contribution is -0.132. The number of nitrogens with zero attached hydrogens (tertiary/aromatic N) is 2. The van der Waals surface area contributed by atoms with Gasteiger partial charge < -0.3 is 20.1 Å². The van der Waals surface area contributed by atoms with E-state index in [-0.39, 0.29) is 17.7 Å². The van der Waals surface area contributed by atoms with Crippen molar-refractivity contribution in [3.63, 3.8) is 0 Å². The van der Waals surface area contributed by atoms with E-state index in [0.717, 1.165) is 31.5 Å². The van der Waals surface area contributed by atoms with Crippen LogP contribution in [0.3, 0.4) is 0 Å².